The van der Waals surface area contributed by atoms with Gasteiger partial charge in [-0.15, -0.1) is 0 Å². The molecule has 2 aliphatic rings. The lowest BCUT2D eigenvalue weighted by molar-refractivity contribution is -0.147. The fourth-order valence-electron chi connectivity index (χ4n) is 6.90. The van der Waals surface area contributed by atoms with Crippen molar-refractivity contribution in [1.29, 1.82) is 0 Å². The number of aldehydes is 1. The molecule has 15 heteroatoms. The van der Waals surface area contributed by atoms with Crippen LogP contribution in [0, 0.1) is 12.3 Å². The van der Waals surface area contributed by atoms with Crippen LogP contribution in [-0.2, 0) is 51.2 Å². The molecule has 0 spiro atoms. The number of carboxylic acid groups (broad SMARTS) is 2. The fraction of sp³-hybridized carbons (Fsp3) is 0.474. The molecular formula is C38H47N5O10. The van der Waals surface area contributed by atoms with Crippen LogP contribution in [-0.4, -0.2) is 93.6 Å². The summed E-state index contributed by atoms with van der Waals surface area (Å²) in [5.74, 6) is -5.58. The predicted molar refractivity (Wildman–Crippen MR) is 191 cm³/mol. The predicted octanol–water partition coefficient (Wildman–Crippen LogP) is 1.83. The van der Waals surface area contributed by atoms with Gasteiger partial charge < -0.3 is 35.9 Å². The Hall–Kier alpha value is -5.60. The topological polar surface area (TPSA) is 220 Å². The van der Waals surface area contributed by atoms with Crippen molar-refractivity contribution in [2.24, 2.45) is 5.41 Å². The van der Waals surface area contributed by atoms with Crippen molar-refractivity contribution in [2.45, 2.75) is 103 Å². The number of carboxylic acids is 2. The Morgan fingerprint density at radius 1 is 0.925 bits per heavy atom. The molecule has 5 amide bonds. The van der Waals surface area contributed by atoms with Gasteiger partial charge in [0, 0.05) is 32.0 Å². The van der Waals surface area contributed by atoms with Crippen LogP contribution in [0.15, 0.2) is 42.5 Å². The van der Waals surface area contributed by atoms with Crippen LogP contribution < -0.4 is 20.9 Å². The molecule has 0 fully saturated rings. The number of nitrogens with one attached hydrogen (secondary N) is 3. The van der Waals surface area contributed by atoms with E-state index in [1.165, 1.54) is 16.7 Å². The van der Waals surface area contributed by atoms with E-state index < -0.39 is 77.6 Å². The van der Waals surface area contributed by atoms with E-state index in [-0.39, 0.29) is 38.1 Å². The first kappa shape index (κ1) is 40.2. The number of carbonyl (C=O) groups is 8. The minimum Gasteiger partial charge on any atom is -0.481 e. The van der Waals surface area contributed by atoms with Gasteiger partial charge in [-0.05, 0) is 54.4 Å². The van der Waals surface area contributed by atoms with Gasteiger partial charge >= 0.3 is 11.9 Å². The van der Waals surface area contributed by atoms with Gasteiger partial charge in [-0.1, -0.05) is 62.7 Å². The Balaban J connectivity index is 1.63. The number of carbonyl (C=O) groups excluding carboxylic acids is 6. The van der Waals surface area contributed by atoms with E-state index >= 15 is 0 Å². The molecule has 15 nitrogen and oxygen atoms in total. The number of para-hydroxylation sites is 1. The van der Waals surface area contributed by atoms with E-state index in [2.05, 4.69) is 16.0 Å². The summed E-state index contributed by atoms with van der Waals surface area (Å²) in [5.41, 5.74) is 2.59. The van der Waals surface area contributed by atoms with E-state index in [1.54, 1.807) is 57.2 Å². The highest BCUT2D eigenvalue weighted by Gasteiger charge is 2.44. The average molecular weight is 734 g/mol. The third kappa shape index (κ3) is 9.64. The fourth-order valence-corrected chi connectivity index (χ4v) is 6.90. The van der Waals surface area contributed by atoms with Crippen molar-refractivity contribution >= 4 is 53.4 Å². The van der Waals surface area contributed by atoms with E-state index in [4.69, 9.17) is 0 Å². The molecule has 2 heterocycles. The van der Waals surface area contributed by atoms with Gasteiger partial charge in [0.25, 0.3) is 0 Å². The molecular weight excluding hydrogens is 686 g/mol. The minimum atomic E-state index is -1.35. The number of aryl methyl sites for hydroxylation is 1. The quantitative estimate of drug-likeness (QED) is 0.177. The van der Waals surface area contributed by atoms with Gasteiger partial charge in [0.1, 0.15) is 30.5 Å². The normalized spacial score (nSPS) is 18.1. The summed E-state index contributed by atoms with van der Waals surface area (Å²) in [6, 6.07) is 6.27. The Bertz CT molecular complexity index is 1790. The first-order valence-electron chi connectivity index (χ1n) is 17.5. The van der Waals surface area contributed by atoms with Crippen molar-refractivity contribution in [3.63, 3.8) is 0 Å². The summed E-state index contributed by atoms with van der Waals surface area (Å²) in [6.45, 7) is 8.39. The lowest BCUT2D eigenvalue weighted by atomic mass is 9.83. The molecule has 0 radical (unpaired) electrons. The van der Waals surface area contributed by atoms with E-state index in [9.17, 15) is 48.6 Å². The SMILES string of the molecule is CC(=O)N1c2ccccc2C[C@H]1C(=O)N[C@@H](CCCC(=O)O)C(=O)N[C@H](C(=O)N1CCc2cc(C)ccc2[C@H]1C(=O)N[C@H](C=O)CC(=O)O)C(C)(C)C. The second-order valence-corrected chi connectivity index (χ2v) is 14.6. The Morgan fingerprint density at radius 2 is 1.62 bits per heavy atom. The summed E-state index contributed by atoms with van der Waals surface area (Å²) < 4.78 is 0. The molecule has 0 aliphatic carbocycles. The second-order valence-electron chi connectivity index (χ2n) is 14.6. The molecule has 0 bridgehead atoms. The van der Waals surface area contributed by atoms with Gasteiger partial charge in [-0.2, -0.15) is 0 Å². The zero-order valence-corrected chi connectivity index (χ0v) is 30.5. The van der Waals surface area contributed by atoms with Gasteiger partial charge in [0.15, 0.2) is 0 Å². The van der Waals surface area contributed by atoms with Crippen LogP contribution in [0.3, 0.4) is 0 Å². The molecule has 284 valence electrons. The summed E-state index contributed by atoms with van der Waals surface area (Å²) >= 11 is 0. The Labute approximate surface area is 307 Å². The standard InChI is InChI=1S/C38H47N5O10/c1-21-13-14-26-23(17-21)15-16-42(32(26)36(52)39-25(20-44)19-31(48)49)37(53)33(38(3,4)5)41-34(50)27(10-8-12-30(46)47)40-35(51)29-18-24-9-6-7-11-28(24)43(29)22(2)45/h6-7,9,11,13-14,17,20,25,27,29,32-33H,8,10,12,15-16,18-19H2,1-5H3,(H,39,52)(H,40,51)(H,41,50)(H,46,47)(H,48,49)/t25-,27-,29-,32-,33+/m0/s1. The van der Waals surface area contributed by atoms with Crippen molar-refractivity contribution in [3.8, 4) is 0 Å². The molecule has 4 rings (SSSR count). The highest BCUT2D eigenvalue weighted by Crippen LogP contribution is 2.34. The van der Waals surface area contributed by atoms with Crippen LogP contribution in [0.2, 0.25) is 0 Å². The molecule has 5 N–H and O–H groups in total. The zero-order valence-electron chi connectivity index (χ0n) is 30.5. The minimum absolute atomic E-state index is 0.0158. The van der Waals surface area contributed by atoms with E-state index in [0.29, 0.717) is 24.0 Å². The Kier molecular flexibility index (Phi) is 12.8. The number of fused-ring (bicyclic) bond motifs is 2. The second kappa shape index (κ2) is 16.8. The molecule has 0 aromatic heterocycles. The average Bonchev–Trinajstić information content (AvgIpc) is 3.48. The van der Waals surface area contributed by atoms with Crippen LogP contribution in [0.25, 0.3) is 0 Å². The van der Waals surface area contributed by atoms with Crippen molar-refractivity contribution in [2.75, 3.05) is 11.4 Å². The summed E-state index contributed by atoms with van der Waals surface area (Å²) in [4.78, 5) is 106. The summed E-state index contributed by atoms with van der Waals surface area (Å²) in [5, 5.41) is 26.5. The van der Waals surface area contributed by atoms with Crippen molar-refractivity contribution in [1.82, 2.24) is 20.9 Å². The lowest BCUT2D eigenvalue weighted by Crippen LogP contribution is -2.61. The molecule has 0 saturated heterocycles. The number of hydrogen-bond donors (Lipinski definition) is 5. The molecule has 2 aromatic rings. The first-order chi connectivity index (χ1) is 24.9. The number of nitrogens with zero attached hydrogens (tertiary/aromatic N) is 2. The van der Waals surface area contributed by atoms with Crippen LogP contribution in [0.1, 0.15) is 81.7 Å². The van der Waals surface area contributed by atoms with Gasteiger partial charge in [-0.25, -0.2) is 0 Å². The highest BCUT2D eigenvalue weighted by molar-refractivity contribution is 6.03. The molecule has 2 aliphatic heterocycles. The maximum absolute atomic E-state index is 14.6. The van der Waals surface area contributed by atoms with Crippen molar-refractivity contribution < 1.29 is 48.6 Å². The number of hydrogen-bond acceptors (Lipinski definition) is 8. The van der Waals surface area contributed by atoms with Crippen molar-refractivity contribution in [3.05, 3.63) is 64.7 Å². The highest BCUT2D eigenvalue weighted by atomic mass is 16.4. The third-order valence-corrected chi connectivity index (χ3v) is 9.48. The monoisotopic (exact) mass is 733 g/mol. The number of anilines is 1. The van der Waals surface area contributed by atoms with Crippen LogP contribution in [0.5, 0.6) is 0 Å². The molecule has 5 atom stereocenters. The maximum Gasteiger partial charge on any atom is 0.305 e. The number of aliphatic carboxylic acids is 2. The van der Waals surface area contributed by atoms with Gasteiger partial charge in [0.05, 0.1) is 12.5 Å². The Morgan fingerprint density at radius 3 is 2.25 bits per heavy atom. The van der Waals surface area contributed by atoms with Gasteiger partial charge in [-0.3, -0.25) is 38.5 Å². The zero-order chi connectivity index (χ0) is 39.2. The molecule has 0 unspecified atom stereocenters. The summed E-state index contributed by atoms with van der Waals surface area (Å²) in [7, 11) is 0. The summed E-state index contributed by atoms with van der Waals surface area (Å²) in [6.07, 6.45) is -0.145. The lowest BCUT2D eigenvalue weighted by Gasteiger charge is -2.41. The van der Waals surface area contributed by atoms with Gasteiger partial charge in [0.2, 0.25) is 29.5 Å². The van der Waals surface area contributed by atoms with Crippen LogP contribution >= 0.6 is 0 Å². The molecule has 2 aromatic carbocycles. The number of rotatable bonds is 14. The molecule has 0 saturated carbocycles. The number of benzene rings is 2. The maximum atomic E-state index is 14.6. The number of amides is 5. The largest absolute Gasteiger partial charge is 0.481 e. The third-order valence-electron chi connectivity index (χ3n) is 9.48. The van der Waals surface area contributed by atoms with E-state index in [0.717, 1.165) is 16.7 Å². The smallest absolute Gasteiger partial charge is 0.305 e. The van der Waals surface area contributed by atoms with Crippen LogP contribution in [0.4, 0.5) is 5.69 Å². The molecule has 53 heavy (non-hydrogen) atoms. The van der Waals surface area contributed by atoms with E-state index in [1.807, 2.05) is 13.0 Å². The first-order valence-corrected chi connectivity index (χ1v) is 17.5.